The first-order valence-electron chi connectivity index (χ1n) is 6.78. The maximum atomic E-state index is 6.01. The molecule has 0 fully saturated rings. The normalized spacial score (nSPS) is 10.7. The fourth-order valence-electron chi connectivity index (χ4n) is 2.17. The molecule has 0 aliphatic carbocycles. The second-order valence-corrected chi connectivity index (χ2v) is 4.73. The van der Waals surface area contributed by atoms with Crippen molar-refractivity contribution in [1.82, 2.24) is 19.7 Å². The predicted octanol–water partition coefficient (Wildman–Crippen LogP) is 2.61. The van der Waals surface area contributed by atoms with Gasteiger partial charge in [0.15, 0.2) is 5.75 Å². The topological polar surface area (TPSA) is 64.9 Å². The molecule has 0 saturated heterocycles. The van der Waals surface area contributed by atoms with Gasteiger partial charge in [0.05, 0.1) is 11.3 Å². The van der Waals surface area contributed by atoms with Gasteiger partial charge in [0.2, 0.25) is 5.88 Å². The Bertz CT molecular complexity index is 606. The van der Waals surface area contributed by atoms with E-state index in [2.05, 4.69) is 27.3 Å². The Labute approximate surface area is 119 Å². The SMILES string of the molecule is CCCc1c(NC)ncnc1Oc1c(C)nn(C)c1C. The van der Waals surface area contributed by atoms with Gasteiger partial charge in [-0.1, -0.05) is 13.3 Å². The summed E-state index contributed by atoms with van der Waals surface area (Å²) in [6, 6.07) is 0. The van der Waals surface area contributed by atoms with Crippen molar-refractivity contribution >= 4 is 5.82 Å². The minimum Gasteiger partial charge on any atom is -0.435 e. The van der Waals surface area contributed by atoms with Crippen LogP contribution in [0.5, 0.6) is 11.6 Å². The third-order valence-corrected chi connectivity index (χ3v) is 3.28. The maximum absolute atomic E-state index is 6.01. The molecule has 2 rings (SSSR count). The van der Waals surface area contributed by atoms with Crippen molar-refractivity contribution < 1.29 is 4.74 Å². The van der Waals surface area contributed by atoms with E-state index in [0.29, 0.717) is 5.88 Å². The summed E-state index contributed by atoms with van der Waals surface area (Å²) < 4.78 is 7.82. The molecule has 0 spiro atoms. The highest BCUT2D eigenvalue weighted by Crippen LogP contribution is 2.31. The fraction of sp³-hybridized carbons (Fsp3) is 0.500. The number of hydrogen-bond donors (Lipinski definition) is 1. The standard InChI is InChI=1S/C14H21N5O/c1-6-7-11-13(15-4)16-8-17-14(11)20-12-9(2)18-19(5)10(12)3/h8H,6-7H2,1-5H3,(H,15,16,17). The van der Waals surface area contributed by atoms with Crippen molar-refractivity contribution in [2.24, 2.45) is 7.05 Å². The Morgan fingerprint density at radius 1 is 1.30 bits per heavy atom. The zero-order chi connectivity index (χ0) is 14.7. The van der Waals surface area contributed by atoms with Crippen LogP contribution in [0.1, 0.15) is 30.3 Å². The lowest BCUT2D eigenvalue weighted by Gasteiger charge is -2.12. The molecule has 2 heterocycles. The van der Waals surface area contributed by atoms with E-state index in [-0.39, 0.29) is 0 Å². The van der Waals surface area contributed by atoms with Crippen molar-refractivity contribution in [3.63, 3.8) is 0 Å². The molecule has 0 aromatic carbocycles. The smallest absolute Gasteiger partial charge is 0.227 e. The first-order chi connectivity index (χ1) is 9.58. The van der Waals surface area contributed by atoms with Gasteiger partial charge in [-0.25, -0.2) is 9.97 Å². The minimum absolute atomic E-state index is 0.602. The Balaban J connectivity index is 2.42. The van der Waals surface area contributed by atoms with Crippen LogP contribution in [-0.2, 0) is 13.5 Å². The first-order valence-corrected chi connectivity index (χ1v) is 6.78. The van der Waals surface area contributed by atoms with E-state index in [4.69, 9.17) is 4.74 Å². The highest BCUT2D eigenvalue weighted by molar-refractivity contribution is 5.50. The number of ether oxygens (including phenoxy) is 1. The lowest BCUT2D eigenvalue weighted by atomic mass is 10.1. The van der Waals surface area contributed by atoms with Crippen LogP contribution >= 0.6 is 0 Å². The van der Waals surface area contributed by atoms with E-state index in [1.807, 2.05) is 32.6 Å². The van der Waals surface area contributed by atoms with Gasteiger partial charge in [0.1, 0.15) is 17.8 Å². The van der Waals surface area contributed by atoms with Crippen LogP contribution in [0.25, 0.3) is 0 Å². The Kier molecular flexibility index (Phi) is 4.22. The van der Waals surface area contributed by atoms with Crippen molar-refractivity contribution in [2.45, 2.75) is 33.6 Å². The summed E-state index contributed by atoms with van der Waals surface area (Å²) in [5.74, 6) is 2.19. The van der Waals surface area contributed by atoms with E-state index in [9.17, 15) is 0 Å². The van der Waals surface area contributed by atoms with Crippen molar-refractivity contribution in [1.29, 1.82) is 0 Å². The first kappa shape index (κ1) is 14.3. The van der Waals surface area contributed by atoms with Gasteiger partial charge in [0.25, 0.3) is 0 Å². The molecule has 108 valence electrons. The number of nitrogens with one attached hydrogen (secondary N) is 1. The molecule has 0 bridgehead atoms. The maximum Gasteiger partial charge on any atom is 0.227 e. The van der Waals surface area contributed by atoms with Crippen molar-refractivity contribution in [3.8, 4) is 11.6 Å². The summed E-state index contributed by atoms with van der Waals surface area (Å²) in [6.45, 7) is 6.04. The van der Waals surface area contributed by atoms with Crippen LogP contribution < -0.4 is 10.1 Å². The van der Waals surface area contributed by atoms with Crippen LogP contribution in [-0.4, -0.2) is 26.8 Å². The van der Waals surface area contributed by atoms with E-state index in [1.54, 1.807) is 0 Å². The molecule has 0 amide bonds. The molecule has 0 aliphatic heterocycles. The second-order valence-electron chi connectivity index (χ2n) is 4.73. The zero-order valence-corrected chi connectivity index (χ0v) is 12.7. The molecular formula is C14H21N5O. The molecule has 2 aromatic heterocycles. The largest absolute Gasteiger partial charge is 0.435 e. The average molecular weight is 275 g/mol. The molecule has 1 N–H and O–H groups in total. The van der Waals surface area contributed by atoms with Crippen molar-refractivity contribution in [3.05, 3.63) is 23.3 Å². The summed E-state index contributed by atoms with van der Waals surface area (Å²) in [4.78, 5) is 8.53. The number of anilines is 1. The summed E-state index contributed by atoms with van der Waals surface area (Å²) >= 11 is 0. The third-order valence-electron chi connectivity index (χ3n) is 3.28. The number of aryl methyl sites for hydroxylation is 2. The highest BCUT2D eigenvalue weighted by Gasteiger charge is 2.17. The van der Waals surface area contributed by atoms with E-state index in [0.717, 1.165) is 41.4 Å². The fourth-order valence-corrected chi connectivity index (χ4v) is 2.17. The van der Waals surface area contributed by atoms with Gasteiger partial charge < -0.3 is 10.1 Å². The van der Waals surface area contributed by atoms with Gasteiger partial charge in [-0.3, -0.25) is 4.68 Å². The molecule has 0 unspecified atom stereocenters. The molecular weight excluding hydrogens is 254 g/mol. The highest BCUT2D eigenvalue weighted by atomic mass is 16.5. The molecule has 0 saturated carbocycles. The van der Waals surface area contributed by atoms with Gasteiger partial charge in [-0.15, -0.1) is 0 Å². The minimum atomic E-state index is 0.602. The van der Waals surface area contributed by atoms with Gasteiger partial charge in [-0.2, -0.15) is 5.10 Å². The van der Waals surface area contributed by atoms with Crippen LogP contribution in [0, 0.1) is 13.8 Å². The lowest BCUT2D eigenvalue weighted by Crippen LogP contribution is -2.03. The lowest BCUT2D eigenvalue weighted by molar-refractivity contribution is 0.447. The van der Waals surface area contributed by atoms with E-state index >= 15 is 0 Å². The van der Waals surface area contributed by atoms with Crippen LogP contribution in [0.3, 0.4) is 0 Å². The van der Waals surface area contributed by atoms with E-state index < -0.39 is 0 Å². The quantitative estimate of drug-likeness (QED) is 0.908. The number of rotatable bonds is 5. The van der Waals surface area contributed by atoms with Gasteiger partial charge >= 0.3 is 0 Å². The Morgan fingerprint density at radius 2 is 2.05 bits per heavy atom. The van der Waals surface area contributed by atoms with Gasteiger partial charge in [-0.05, 0) is 20.3 Å². The van der Waals surface area contributed by atoms with E-state index in [1.165, 1.54) is 6.33 Å². The number of hydrogen-bond acceptors (Lipinski definition) is 5. The number of aromatic nitrogens is 4. The van der Waals surface area contributed by atoms with Gasteiger partial charge in [0, 0.05) is 14.1 Å². The zero-order valence-electron chi connectivity index (χ0n) is 12.7. The Hall–Kier alpha value is -2.11. The average Bonchev–Trinajstić information content (AvgIpc) is 2.67. The second kappa shape index (κ2) is 5.90. The third kappa shape index (κ3) is 2.59. The predicted molar refractivity (Wildman–Crippen MR) is 78.3 cm³/mol. The summed E-state index contributed by atoms with van der Waals surface area (Å²) in [5, 5.41) is 7.45. The monoisotopic (exact) mass is 275 g/mol. The summed E-state index contributed by atoms with van der Waals surface area (Å²) in [6.07, 6.45) is 3.38. The molecule has 0 aliphatic rings. The Morgan fingerprint density at radius 3 is 2.60 bits per heavy atom. The molecule has 6 nitrogen and oxygen atoms in total. The molecule has 0 radical (unpaired) electrons. The van der Waals surface area contributed by atoms with Crippen LogP contribution in [0.4, 0.5) is 5.82 Å². The summed E-state index contributed by atoms with van der Waals surface area (Å²) in [5.41, 5.74) is 2.84. The molecule has 2 aromatic rings. The molecule has 20 heavy (non-hydrogen) atoms. The number of nitrogens with zero attached hydrogens (tertiary/aromatic N) is 4. The van der Waals surface area contributed by atoms with Crippen LogP contribution in [0.15, 0.2) is 6.33 Å². The van der Waals surface area contributed by atoms with Crippen molar-refractivity contribution in [2.75, 3.05) is 12.4 Å². The summed E-state index contributed by atoms with van der Waals surface area (Å²) in [7, 11) is 3.76. The molecule has 0 atom stereocenters. The molecule has 6 heteroatoms. The van der Waals surface area contributed by atoms with Crippen LogP contribution in [0.2, 0.25) is 0 Å².